The number of ether oxygens (including phenoxy) is 1. The Labute approximate surface area is 206 Å². The second-order valence-electron chi connectivity index (χ2n) is 8.65. The van der Waals surface area contributed by atoms with E-state index in [4.69, 9.17) is 4.74 Å². The molecule has 6 nitrogen and oxygen atoms in total. The summed E-state index contributed by atoms with van der Waals surface area (Å²) in [5.74, 6) is 2.35. The molecule has 0 bridgehead atoms. The fraction of sp³-hybridized carbons (Fsp3) is 0.370. The Hall–Kier alpha value is -3.06. The molecule has 1 amide bonds. The zero-order chi connectivity index (χ0) is 23.9. The highest BCUT2D eigenvalue weighted by molar-refractivity contribution is 8.00. The van der Waals surface area contributed by atoms with Crippen LogP contribution in [0.4, 0.5) is 0 Å². The van der Waals surface area contributed by atoms with Crippen molar-refractivity contribution in [2.75, 3.05) is 20.2 Å². The largest absolute Gasteiger partial charge is 0.497 e. The lowest BCUT2D eigenvalue weighted by atomic mass is 9.90. The van der Waals surface area contributed by atoms with Gasteiger partial charge < -0.3 is 9.64 Å². The van der Waals surface area contributed by atoms with Crippen LogP contribution >= 0.6 is 11.8 Å². The lowest BCUT2D eigenvalue weighted by molar-refractivity contribution is -0.131. The minimum absolute atomic E-state index is 0.169. The number of rotatable bonds is 9. The second-order valence-corrected chi connectivity index (χ2v) is 9.96. The summed E-state index contributed by atoms with van der Waals surface area (Å²) in [4.78, 5) is 15.2. The van der Waals surface area contributed by atoms with Crippen LogP contribution in [0.25, 0.3) is 11.4 Å². The van der Waals surface area contributed by atoms with Gasteiger partial charge in [0, 0.05) is 25.2 Å². The first-order valence-electron chi connectivity index (χ1n) is 11.8. The topological polar surface area (TPSA) is 60.2 Å². The molecule has 1 aliphatic rings. The third-order valence-corrected chi connectivity index (χ3v) is 7.37. The molecule has 4 rings (SSSR count). The second kappa shape index (κ2) is 11.4. The van der Waals surface area contributed by atoms with E-state index in [2.05, 4.69) is 47.1 Å². The first-order chi connectivity index (χ1) is 16.6. The first-order valence-corrected chi connectivity index (χ1v) is 12.6. The Morgan fingerprint density at radius 3 is 2.50 bits per heavy atom. The highest BCUT2D eigenvalue weighted by atomic mass is 32.2. The van der Waals surface area contributed by atoms with Gasteiger partial charge >= 0.3 is 0 Å². The van der Waals surface area contributed by atoms with E-state index >= 15 is 0 Å². The van der Waals surface area contributed by atoms with Crippen LogP contribution in [0, 0.1) is 5.92 Å². The van der Waals surface area contributed by atoms with Crippen LogP contribution in [0.1, 0.15) is 25.3 Å². The number of hydrogen-bond donors (Lipinski definition) is 0. The number of thioether (sulfide) groups is 1. The summed E-state index contributed by atoms with van der Waals surface area (Å²) >= 11 is 1.46. The lowest BCUT2D eigenvalue weighted by Crippen LogP contribution is -2.42. The molecule has 1 aliphatic heterocycles. The molecule has 0 aliphatic carbocycles. The maximum Gasteiger partial charge on any atom is 0.235 e. The van der Waals surface area contributed by atoms with Crippen molar-refractivity contribution in [3.05, 3.63) is 72.8 Å². The molecule has 0 radical (unpaired) electrons. The molecule has 34 heavy (non-hydrogen) atoms. The monoisotopic (exact) mass is 476 g/mol. The molecule has 1 fully saturated rings. The van der Waals surface area contributed by atoms with E-state index in [1.807, 2.05) is 46.7 Å². The molecule has 2 aromatic carbocycles. The highest BCUT2D eigenvalue weighted by Crippen LogP contribution is 2.30. The molecule has 0 spiro atoms. The Kier molecular flexibility index (Phi) is 8.06. The summed E-state index contributed by atoms with van der Waals surface area (Å²) in [6.45, 7) is 8.05. The quantitative estimate of drug-likeness (QED) is 0.318. The van der Waals surface area contributed by atoms with Crippen molar-refractivity contribution in [2.45, 2.75) is 43.1 Å². The van der Waals surface area contributed by atoms with Crippen LogP contribution in [0.2, 0.25) is 0 Å². The Morgan fingerprint density at radius 1 is 1.15 bits per heavy atom. The van der Waals surface area contributed by atoms with E-state index in [0.717, 1.165) is 54.6 Å². The number of likely N-dealkylation sites (tertiary alicyclic amines) is 1. The molecule has 0 saturated carbocycles. The number of carbonyl (C=O) groups excluding carboxylic acids is 1. The number of nitrogens with zero attached hydrogens (tertiary/aromatic N) is 4. The van der Waals surface area contributed by atoms with E-state index in [-0.39, 0.29) is 11.2 Å². The normalized spacial score (nSPS) is 15.2. The summed E-state index contributed by atoms with van der Waals surface area (Å²) in [6, 6.07) is 18.4. The molecule has 7 heteroatoms. The number of methoxy groups -OCH3 is 1. The third kappa shape index (κ3) is 5.70. The van der Waals surface area contributed by atoms with Crippen molar-refractivity contribution in [3.8, 4) is 17.1 Å². The Balaban J connectivity index is 1.38. The summed E-state index contributed by atoms with van der Waals surface area (Å²) < 4.78 is 7.26. The average molecular weight is 477 g/mol. The predicted octanol–water partition coefficient (Wildman–Crippen LogP) is 5.10. The number of hydrogen-bond acceptors (Lipinski definition) is 5. The van der Waals surface area contributed by atoms with Crippen LogP contribution in [0.5, 0.6) is 5.75 Å². The highest BCUT2D eigenvalue weighted by Gasteiger charge is 2.28. The zero-order valence-electron chi connectivity index (χ0n) is 19.9. The SMILES string of the molecule is C=CCn1c(SC(C)C(=O)N2CCC(Cc3ccccc3)CC2)nnc1-c1ccc(OC)cc1. The third-order valence-electron chi connectivity index (χ3n) is 6.30. The lowest BCUT2D eigenvalue weighted by Gasteiger charge is -2.33. The minimum Gasteiger partial charge on any atom is -0.497 e. The van der Waals surface area contributed by atoms with Gasteiger partial charge in [-0.3, -0.25) is 9.36 Å². The summed E-state index contributed by atoms with van der Waals surface area (Å²) in [5, 5.41) is 9.31. The first kappa shape index (κ1) is 24.1. The fourth-order valence-electron chi connectivity index (χ4n) is 4.39. The predicted molar refractivity (Wildman–Crippen MR) is 137 cm³/mol. The smallest absolute Gasteiger partial charge is 0.235 e. The molecule has 1 atom stereocenters. The Morgan fingerprint density at radius 2 is 1.85 bits per heavy atom. The van der Waals surface area contributed by atoms with E-state index in [9.17, 15) is 4.79 Å². The van der Waals surface area contributed by atoms with Gasteiger partial charge in [-0.05, 0) is 61.9 Å². The van der Waals surface area contributed by atoms with Crippen LogP contribution in [0.15, 0.2) is 72.4 Å². The number of allylic oxidation sites excluding steroid dienone is 1. The van der Waals surface area contributed by atoms with E-state index in [1.165, 1.54) is 17.3 Å². The van der Waals surface area contributed by atoms with Gasteiger partial charge in [-0.2, -0.15) is 0 Å². The van der Waals surface area contributed by atoms with Crippen molar-refractivity contribution in [3.63, 3.8) is 0 Å². The molecule has 1 aromatic heterocycles. The standard InChI is InChI=1S/C27H32N4O2S/c1-4-16-31-25(23-10-12-24(33-3)13-11-23)28-29-27(31)34-20(2)26(32)30-17-14-22(15-18-30)19-21-8-6-5-7-9-21/h4-13,20,22H,1,14-19H2,2-3H3. The van der Waals surface area contributed by atoms with Crippen molar-refractivity contribution >= 4 is 17.7 Å². The maximum absolute atomic E-state index is 13.2. The van der Waals surface area contributed by atoms with Crippen LogP contribution in [-0.2, 0) is 17.8 Å². The average Bonchev–Trinajstić information content (AvgIpc) is 3.27. The number of piperidine rings is 1. The number of aromatic nitrogens is 3. The van der Waals surface area contributed by atoms with Gasteiger partial charge in [-0.25, -0.2) is 0 Å². The molecule has 3 aromatic rings. The van der Waals surface area contributed by atoms with Gasteiger partial charge in [0.2, 0.25) is 5.91 Å². The van der Waals surface area contributed by atoms with Crippen molar-refractivity contribution in [1.29, 1.82) is 0 Å². The molecule has 2 heterocycles. The van der Waals surface area contributed by atoms with Gasteiger partial charge in [-0.1, -0.05) is 48.2 Å². The van der Waals surface area contributed by atoms with Gasteiger partial charge in [0.1, 0.15) is 5.75 Å². The number of carbonyl (C=O) groups is 1. The molecule has 178 valence electrons. The van der Waals surface area contributed by atoms with E-state index in [1.54, 1.807) is 7.11 Å². The number of benzene rings is 2. The van der Waals surface area contributed by atoms with Gasteiger partial charge in [0.05, 0.1) is 12.4 Å². The number of amides is 1. The van der Waals surface area contributed by atoms with Crippen molar-refractivity contribution in [1.82, 2.24) is 19.7 Å². The van der Waals surface area contributed by atoms with E-state index in [0.29, 0.717) is 12.5 Å². The summed E-state index contributed by atoms with van der Waals surface area (Å²) in [6.07, 6.45) is 5.01. The molecular formula is C27H32N4O2S. The van der Waals surface area contributed by atoms with Crippen LogP contribution in [-0.4, -0.2) is 51.0 Å². The maximum atomic E-state index is 13.2. The zero-order valence-corrected chi connectivity index (χ0v) is 20.7. The molecule has 1 saturated heterocycles. The van der Waals surface area contributed by atoms with Crippen molar-refractivity contribution in [2.24, 2.45) is 5.92 Å². The summed E-state index contributed by atoms with van der Waals surface area (Å²) in [7, 11) is 1.65. The minimum atomic E-state index is -0.234. The Bertz CT molecular complexity index is 1090. The van der Waals surface area contributed by atoms with E-state index < -0.39 is 0 Å². The molecule has 0 N–H and O–H groups in total. The van der Waals surface area contributed by atoms with Gasteiger partial charge in [-0.15, -0.1) is 16.8 Å². The van der Waals surface area contributed by atoms with Crippen LogP contribution in [0.3, 0.4) is 0 Å². The van der Waals surface area contributed by atoms with Gasteiger partial charge in [0.15, 0.2) is 11.0 Å². The van der Waals surface area contributed by atoms with Gasteiger partial charge in [0.25, 0.3) is 0 Å². The molecule has 1 unspecified atom stereocenters. The fourth-order valence-corrected chi connectivity index (χ4v) is 5.34. The summed E-state index contributed by atoms with van der Waals surface area (Å²) in [5.41, 5.74) is 2.33. The van der Waals surface area contributed by atoms with Crippen molar-refractivity contribution < 1.29 is 9.53 Å². The van der Waals surface area contributed by atoms with Crippen LogP contribution < -0.4 is 4.74 Å². The molecular weight excluding hydrogens is 444 g/mol.